The Balaban J connectivity index is 2.45. The van der Waals surface area contributed by atoms with E-state index >= 15 is 0 Å². The van der Waals surface area contributed by atoms with Crippen LogP contribution in [0.15, 0.2) is 24.3 Å². The fourth-order valence-electron chi connectivity index (χ4n) is 1.12. The van der Waals surface area contributed by atoms with E-state index in [1.54, 1.807) is 13.0 Å². The van der Waals surface area contributed by atoms with E-state index in [4.69, 9.17) is 9.47 Å². The van der Waals surface area contributed by atoms with Crippen LogP contribution in [0.25, 0.3) is 0 Å². The molecule has 1 fully saturated rings. The van der Waals surface area contributed by atoms with E-state index in [0.717, 1.165) is 0 Å². The largest absolute Gasteiger partial charge is 0.459 e. The number of esters is 1. The van der Waals surface area contributed by atoms with Crippen LogP contribution in [0.2, 0.25) is 0 Å². The molecule has 0 aromatic rings. The average Bonchev–Trinajstić information content (AvgIpc) is 2.97. The number of hydrogen-bond donors (Lipinski definition) is 0. The minimum atomic E-state index is -0.277. The molecule has 1 saturated heterocycles. The van der Waals surface area contributed by atoms with Crippen molar-refractivity contribution in [3.05, 3.63) is 24.3 Å². The minimum Gasteiger partial charge on any atom is -0.459 e. The molecule has 0 amide bonds. The van der Waals surface area contributed by atoms with Gasteiger partial charge in [-0.25, -0.2) is 4.79 Å². The molecule has 3 nitrogen and oxygen atoms in total. The summed E-state index contributed by atoms with van der Waals surface area (Å²) in [7, 11) is 0. The third kappa shape index (κ3) is 4.30. The van der Waals surface area contributed by atoms with E-state index in [1.807, 2.05) is 19.9 Å². The number of allylic oxidation sites excluding steroid dienone is 2. The normalized spacial score (nSPS) is 21.0. The lowest BCUT2D eigenvalue weighted by molar-refractivity contribution is -0.139. The van der Waals surface area contributed by atoms with Crippen molar-refractivity contribution in [3.63, 3.8) is 0 Å². The predicted molar refractivity (Wildman–Crippen MR) is 58.4 cm³/mol. The van der Waals surface area contributed by atoms with Crippen LogP contribution < -0.4 is 0 Å². The van der Waals surface area contributed by atoms with Crippen LogP contribution in [-0.4, -0.2) is 25.3 Å². The van der Waals surface area contributed by atoms with Crippen molar-refractivity contribution in [3.8, 4) is 0 Å². The van der Waals surface area contributed by atoms with Crippen LogP contribution in [0.3, 0.4) is 0 Å². The molecule has 1 rings (SSSR count). The summed E-state index contributed by atoms with van der Waals surface area (Å²) in [5.74, 6) is -0.277. The van der Waals surface area contributed by atoms with Gasteiger partial charge in [0.05, 0.1) is 6.61 Å². The Morgan fingerprint density at radius 2 is 2.27 bits per heavy atom. The van der Waals surface area contributed by atoms with E-state index in [0.29, 0.717) is 18.8 Å². The Morgan fingerprint density at radius 1 is 1.67 bits per heavy atom. The van der Waals surface area contributed by atoms with Gasteiger partial charge < -0.3 is 9.47 Å². The van der Waals surface area contributed by atoms with E-state index in [2.05, 4.69) is 6.58 Å². The topological polar surface area (TPSA) is 38.8 Å². The van der Waals surface area contributed by atoms with E-state index in [9.17, 15) is 4.79 Å². The maximum absolute atomic E-state index is 11.5. The molecule has 1 atom stereocenters. The summed E-state index contributed by atoms with van der Waals surface area (Å²) in [5, 5.41) is 0. The first-order valence-electron chi connectivity index (χ1n) is 5.06. The molecule has 0 radical (unpaired) electrons. The molecule has 0 aromatic heterocycles. The van der Waals surface area contributed by atoms with Crippen molar-refractivity contribution < 1.29 is 14.3 Å². The van der Waals surface area contributed by atoms with Gasteiger partial charge in [-0.05, 0) is 6.92 Å². The summed E-state index contributed by atoms with van der Waals surface area (Å²) in [6.07, 6.45) is 3.78. The van der Waals surface area contributed by atoms with Gasteiger partial charge in [-0.2, -0.15) is 0 Å². The van der Waals surface area contributed by atoms with Crippen LogP contribution in [0, 0.1) is 5.41 Å². The molecule has 1 unspecified atom stereocenters. The number of hydrogen-bond acceptors (Lipinski definition) is 3. The Morgan fingerprint density at radius 3 is 2.73 bits per heavy atom. The molecular weight excluding hydrogens is 192 g/mol. The number of carbonyl (C=O) groups excluding carboxylic acids is 1. The Bertz CT molecular complexity index is 285. The third-order valence-corrected chi connectivity index (χ3v) is 2.24. The molecule has 0 aromatic carbocycles. The summed E-state index contributed by atoms with van der Waals surface area (Å²) in [4.78, 5) is 11.5. The quantitative estimate of drug-likeness (QED) is 0.302. The lowest BCUT2D eigenvalue weighted by Gasteiger charge is -2.15. The molecule has 1 heterocycles. The first kappa shape index (κ1) is 12.0. The molecule has 0 spiro atoms. The Kier molecular flexibility index (Phi) is 3.69. The molecule has 84 valence electrons. The van der Waals surface area contributed by atoms with Crippen molar-refractivity contribution in [1.82, 2.24) is 0 Å². The van der Waals surface area contributed by atoms with Gasteiger partial charge in [-0.1, -0.05) is 26.0 Å². The van der Waals surface area contributed by atoms with Gasteiger partial charge in [0, 0.05) is 11.0 Å². The highest BCUT2D eigenvalue weighted by molar-refractivity contribution is 5.87. The average molecular weight is 210 g/mol. The van der Waals surface area contributed by atoms with Crippen LogP contribution >= 0.6 is 0 Å². The van der Waals surface area contributed by atoms with E-state index < -0.39 is 0 Å². The summed E-state index contributed by atoms with van der Waals surface area (Å²) in [6, 6.07) is 0. The number of ether oxygens (including phenoxy) is 2. The molecule has 0 bridgehead atoms. The standard InChI is InChI=1S/C12H18O3/c1-5-12(3,4)6-9(2)11(13)15-8-10-7-14-10/h5-6,10H,1,7-8H2,2-4H3. The van der Waals surface area contributed by atoms with Crippen LogP contribution in [-0.2, 0) is 14.3 Å². The highest BCUT2D eigenvalue weighted by Crippen LogP contribution is 2.20. The second-order valence-corrected chi connectivity index (χ2v) is 4.41. The maximum atomic E-state index is 11.5. The van der Waals surface area contributed by atoms with Crippen molar-refractivity contribution >= 4 is 5.97 Å². The highest BCUT2D eigenvalue weighted by atomic mass is 16.6. The first-order chi connectivity index (χ1) is 6.94. The van der Waals surface area contributed by atoms with Crippen LogP contribution in [0.5, 0.6) is 0 Å². The van der Waals surface area contributed by atoms with Crippen LogP contribution in [0.1, 0.15) is 20.8 Å². The maximum Gasteiger partial charge on any atom is 0.333 e. The lowest BCUT2D eigenvalue weighted by atomic mass is 9.91. The van der Waals surface area contributed by atoms with Crippen molar-refractivity contribution in [2.24, 2.45) is 5.41 Å². The van der Waals surface area contributed by atoms with Gasteiger partial charge in [0.2, 0.25) is 0 Å². The summed E-state index contributed by atoms with van der Waals surface area (Å²) in [6.45, 7) is 10.5. The van der Waals surface area contributed by atoms with E-state index in [-0.39, 0.29) is 17.5 Å². The minimum absolute atomic E-state index is 0.120. The zero-order valence-corrected chi connectivity index (χ0v) is 9.58. The molecular formula is C12H18O3. The number of carbonyl (C=O) groups is 1. The molecule has 0 aliphatic carbocycles. The SMILES string of the molecule is C=CC(C)(C)C=C(C)C(=O)OCC1CO1. The van der Waals surface area contributed by atoms with Gasteiger partial charge in [0.25, 0.3) is 0 Å². The van der Waals surface area contributed by atoms with Crippen molar-refractivity contribution in [2.45, 2.75) is 26.9 Å². The summed E-state index contributed by atoms with van der Waals surface area (Å²) in [5.41, 5.74) is 0.430. The van der Waals surface area contributed by atoms with Crippen molar-refractivity contribution in [2.75, 3.05) is 13.2 Å². The van der Waals surface area contributed by atoms with Gasteiger partial charge in [0.15, 0.2) is 0 Å². The van der Waals surface area contributed by atoms with Gasteiger partial charge in [0.1, 0.15) is 12.7 Å². The molecule has 3 heteroatoms. The van der Waals surface area contributed by atoms with Gasteiger partial charge in [-0.15, -0.1) is 6.58 Å². The molecule has 15 heavy (non-hydrogen) atoms. The molecule has 1 aliphatic heterocycles. The zero-order valence-electron chi connectivity index (χ0n) is 9.58. The number of epoxide rings is 1. The fourth-order valence-corrected chi connectivity index (χ4v) is 1.12. The predicted octanol–water partition coefficient (Wildman–Crippen LogP) is 2.09. The summed E-state index contributed by atoms with van der Waals surface area (Å²) >= 11 is 0. The monoisotopic (exact) mass is 210 g/mol. The second-order valence-electron chi connectivity index (χ2n) is 4.41. The zero-order chi connectivity index (χ0) is 11.5. The Labute approximate surface area is 90.8 Å². The van der Waals surface area contributed by atoms with E-state index in [1.165, 1.54) is 0 Å². The molecule has 1 aliphatic rings. The highest BCUT2D eigenvalue weighted by Gasteiger charge is 2.24. The fraction of sp³-hybridized carbons (Fsp3) is 0.583. The van der Waals surface area contributed by atoms with Gasteiger partial charge >= 0.3 is 5.97 Å². The lowest BCUT2D eigenvalue weighted by Crippen LogP contribution is -2.13. The number of rotatable bonds is 5. The second kappa shape index (κ2) is 4.62. The molecule has 0 saturated carbocycles. The third-order valence-electron chi connectivity index (χ3n) is 2.24. The smallest absolute Gasteiger partial charge is 0.333 e. The van der Waals surface area contributed by atoms with Crippen molar-refractivity contribution in [1.29, 1.82) is 0 Å². The Hall–Kier alpha value is -1.09. The van der Waals surface area contributed by atoms with Gasteiger partial charge in [-0.3, -0.25) is 0 Å². The van der Waals surface area contributed by atoms with Crippen LogP contribution in [0.4, 0.5) is 0 Å². The summed E-state index contributed by atoms with van der Waals surface area (Å²) < 4.78 is 10.00. The first-order valence-corrected chi connectivity index (χ1v) is 5.06. The molecule has 0 N–H and O–H groups in total.